The number of fused-ring (bicyclic) bond motifs is 9. The van der Waals surface area contributed by atoms with Crippen LogP contribution in [-0.4, -0.2) is 80.9 Å². The van der Waals surface area contributed by atoms with Crippen LogP contribution in [0.25, 0.3) is 22.2 Å². The van der Waals surface area contributed by atoms with Crippen LogP contribution in [0.5, 0.6) is 5.75 Å². The van der Waals surface area contributed by atoms with E-state index in [2.05, 4.69) is 31.6 Å². The monoisotopic (exact) mass is 645 g/mol. The fraction of sp³-hybridized carbons (Fsp3) is 0.543. The van der Waals surface area contributed by atoms with E-state index in [0.717, 1.165) is 89.4 Å². The summed E-state index contributed by atoms with van der Waals surface area (Å²) in [5.74, 6) is 1.03. The maximum Gasteiger partial charge on any atom is 0.303 e. The molecule has 4 fully saturated rings. The van der Waals surface area contributed by atoms with Gasteiger partial charge in [-0.2, -0.15) is 12.7 Å². The maximum atomic E-state index is 15.0. The molecule has 2 aliphatic carbocycles. The number of hydrogen-bond donors (Lipinski definition) is 2. The van der Waals surface area contributed by atoms with Crippen LogP contribution >= 0.6 is 0 Å². The second-order valence-electron chi connectivity index (χ2n) is 14.2. The Morgan fingerprint density at radius 3 is 2.57 bits per heavy atom. The number of methoxy groups -OCH3 is 1. The summed E-state index contributed by atoms with van der Waals surface area (Å²) in [5.41, 5.74) is 4.89. The number of rotatable bonds is 6. The number of likely N-dealkylation sites (tertiary alicyclic amines) is 1. The summed E-state index contributed by atoms with van der Waals surface area (Å²) in [6.45, 7) is 2.47. The van der Waals surface area contributed by atoms with Gasteiger partial charge in [0.25, 0.3) is 5.91 Å². The van der Waals surface area contributed by atoms with Crippen LogP contribution in [0.4, 0.5) is 0 Å². The highest BCUT2D eigenvalue weighted by Crippen LogP contribution is 2.67. The highest BCUT2D eigenvalue weighted by Gasteiger charge is 2.67. The smallest absolute Gasteiger partial charge is 0.303 e. The van der Waals surface area contributed by atoms with Crippen LogP contribution in [0.15, 0.2) is 36.4 Å². The van der Waals surface area contributed by atoms with E-state index < -0.39 is 21.7 Å². The lowest BCUT2D eigenvalue weighted by Crippen LogP contribution is -2.45. The van der Waals surface area contributed by atoms with E-state index in [1.54, 1.807) is 13.2 Å². The Bertz CT molecular complexity index is 1850. The lowest BCUT2D eigenvalue weighted by molar-refractivity contribution is -0.135. The van der Waals surface area contributed by atoms with Gasteiger partial charge < -0.3 is 19.5 Å². The summed E-state index contributed by atoms with van der Waals surface area (Å²) in [7, 11) is 0.480. The SMILES string of the molecule is COc1ccc2c(c1)C1CC1(C(=O)N1CC3CCCNC3C1)n1c-2c(C2CCCCC2)c2ccc(C(=O)NS(=O)(=O)N(C)C)cc21. The molecule has 4 heterocycles. The maximum absolute atomic E-state index is 15.0. The summed E-state index contributed by atoms with van der Waals surface area (Å²) in [6, 6.07) is 12.1. The zero-order chi connectivity index (χ0) is 32.0. The van der Waals surface area contributed by atoms with Crippen LogP contribution in [0.3, 0.4) is 0 Å². The normalized spacial score (nSPS) is 27.1. The zero-order valence-electron chi connectivity index (χ0n) is 26.8. The lowest BCUT2D eigenvalue weighted by atomic mass is 9.80. The highest BCUT2D eigenvalue weighted by molar-refractivity contribution is 7.87. The van der Waals surface area contributed by atoms with Crippen molar-refractivity contribution in [2.24, 2.45) is 5.92 Å². The third-order valence-electron chi connectivity index (χ3n) is 11.5. The van der Waals surface area contributed by atoms with E-state index in [-0.39, 0.29) is 17.4 Å². The van der Waals surface area contributed by atoms with E-state index in [4.69, 9.17) is 4.74 Å². The number of amides is 2. The van der Waals surface area contributed by atoms with Crippen molar-refractivity contribution in [3.63, 3.8) is 0 Å². The summed E-state index contributed by atoms with van der Waals surface area (Å²) in [4.78, 5) is 30.5. The molecule has 1 aromatic heterocycles. The van der Waals surface area contributed by atoms with Crippen molar-refractivity contribution in [3.05, 3.63) is 53.1 Å². The molecule has 244 valence electrons. The summed E-state index contributed by atoms with van der Waals surface area (Å²) in [6.07, 6.45) is 8.64. The Balaban J connectivity index is 1.34. The first-order chi connectivity index (χ1) is 22.1. The molecule has 3 aliphatic heterocycles. The number of carbonyl (C=O) groups excluding carboxylic acids is 2. The molecule has 2 amide bonds. The standard InChI is InChI=1S/C35H43N5O5S/c1-38(2)46(43,44)37-33(41)22-11-13-26-30(16-22)40-32(31(26)21-8-5-4-6-9-21)25-14-12-24(45-3)17-27(25)28-18-35(28,40)34(42)39-19-23-10-7-15-36-29(23)20-39/h11-14,16-17,21,23,28-29,36H,4-10,15,18-20H2,1-3H3,(H,37,41). The van der Waals surface area contributed by atoms with Gasteiger partial charge in [-0.3, -0.25) is 9.59 Å². The number of nitrogens with zero attached hydrogens (tertiary/aromatic N) is 3. The molecular weight excluding hydrogens is 602 g/mol. The van der Waals surface area contributed by atoms with Gasteiger partial charge in [-0.1, -0.05) is 25.3 Å². The van der Waals surface area contributed by atoms with E-state index in [9.17, 15) is 13.2 Å². The van der Waals surface area contributed by atoms with Crippen molar-refractivity contribution in [2.75, 3.05) is 40.8 Å². The molecule has 2 saturated carbocycles. The van der Waals surface area contributed by atoms with Crippen molar-refractivity contribution < 1.29 is 22.7 Å². The molecule has 11 heteroatoms. The molecular formula is C35H43N5O5S. The molecule has 3 aromatic rings. The first-order valence-electron chi connectivity index (χ1n) is 16.8. The second kappa shape index (κ2) is 10.8. The Labute approximate surface area is 270 Å². The van der Waals surface area contributed by atoms with Crippen molar-refractivity contribution >= 4 is 32.9 Å². The van der Waals surface area contributed by atoms with Crippen LogP contribution in [-0.2, 0) is 20.5 Å². The molecule has 4 atom stereocenters. The average molecular weight is 646 g/mol. The number of aromatic nitrogens is 1. The molecule has 2 saturated heterocycles. The highest BCUT2D eigenvalue weighted by atomic mass is 32.2. The fourth-order valence-electron chi connectivity index (χ4n) is 9.06. The number of piperidine rings is 1. The first-order valence-corrected chi connectivity index (χ1v) is 18.2. The van der Waals surface area contributed by atoms with Gasteiger partial charge in [0.2, 0.25) is 5.91 Å². The van der Waals surface area contributed by atoms with Gasteiger partial charge >= 0.3 is 10.2 Å². The minimum Gasteiger partial charge on any atom is -0.497 e. The molecule has 0 spiro atoms. The second-order valence-corrected chi connectivity index (χ2v) is 16.1. The average Bonchev–Trinajstić information content (AvgIpc) is 3.52. The molecule has 10 nitrogen and oxygen atoms in total. The lowest BCUT2D eigenvalue weighted by Gasteiger charge is -2.33. The van der Waals surface area contributed by atoms with Gasteiger partial charge in [-0.25, -0.2) is 4.72 Å². The van der Waals surface area contributed by atoms with Gasteiger partial charge in [0.1, 0.15) is 11.3 Å². The molecule has 46 heavy (non-hydrogen) atoms. The molecule has 0 radical (unpaired) electrons. The van der Waals surface area contributed by atoms with Crippen LogP contribution in [0.1, 0.15) is 84.7 Å². The van der Waals surface area contributed by atoms with Crippen LogP contribution < -0.4 is 14.8 Å². The van der Waals surface area contributed by atoms with Crippen molar-refractivity contribution in [2.45, 2.75) is 74.8 Å². The predicted molar refractivity (Wildman–Crippen MR) is 176 cm³/mol. The third-order valence-corrected chi connectivity index (χ3v) is 12.9. The van der Waals surface area contributed by atoms with Crippen molar-refractivity contribution in [1.29, 1.82) is 0 Å². The van der Waals surface area contributed by atoms with Crippen molar-refractivity contribution in [1.82, 2.24) is 23.8 Å². The number of carbonyl (C=O) groups is 2. The molecule has 0 bridgehead atoms. The van der Waals surface area contributed by atoms with Gasteiger partial charge in [-0.05, 0) is 91.9 Å². The summed E-state index contributed by atoms with van der Waals surface area (Å²) in [5, 5.41) is 4.70. The number of hydrogen-bond acceptors (Lipinski definition) is 6. The predicted octanol–water partition coefficient (Wildman–Crippen LogP) is 4.31. The Hall–Kier alpha value is -3.41. The Morgan fingerprint density at radius 2 is 1.83 bits per heavy atom. The third kappa shape index (κ3) is 4.45. The molecule has 4 unspecified atom stereocenters. The van der Waals surface area contributed by atoms with Gasteiger partial charge in [0.05, 0.1) is 18.3 Å². The zero-order valence-corrected chi connectivity index (χ0v) is 27.7. The molecule has 5 aliphatic rings. The minimum absolute atomic E-state index is 0.0189. The number of nitrogens with one attached hydrogen (secondary N) is 2. The fourth-order valence-corrected chi connectivity index (χ4v) is 9.60. The molecule has 2 aromatic carbocycles. The largest absolute Gasteiger partial charge is 0.497 e. The quantitative estimate of drug-likeness (QED) is 0.414. The number of ether oxygens (including phenoxy) is 1. The Kier molecular flexibility index (Phi) is 7.04. The molecule has 2 N–H and O–H groups in total. The number of benzene rings is 2. The van der Waals surface area contributed by atoms with Crippen LogP contribution in [0.2, 0.25) is 0 Å². The molecule has 8 rings (SSSR count). The van der Waals surface area contributed by atoms with Gasteiger partial charge in [0.15, 0.2) is 0 Å². The van der Waals surface area contributed by atoms with E-state index in [0.29, 0.717) is 30.8 Å². The van der Waals surface area contributed by atoms with E-state index >= 15 is 4.79 Å². The summed E-state index contributed by atoms with van der Waals surface area (Å²) < 4.78 is 36.3. The van der Waals surface area contributed by atoms with Gasteiger partial charge in [0, 0.05) is 55.7 Å². The summed E-state index contributed by atoms with van der Waals surface area (Å²) >= 11 is 0. The van der Waals surface area contributed by atoms with E-state index in [1.807, 2.05) is 18.2 Å². The Morgan fingerprint density at radius 1 is 1.02 bits per heavy atom. The topological polar surface area (TPSA) is 113 Å². The van der Waals surface area contributed by atoms with Gasteiger partial charge in [-0.15, -0.1) is 0 Å². The first kappa shape index (κ1) is 30.0. The van der Waals surface area contributed by atoms with Crippen LogP contribution in [0, 0.1) is 5.92 Å². The van der Waals surface area contributed by atoms with Crippen molar-refractivity contribution in [3.8, 4) is 17.0 Å². The van der Waals surface area contributed by atoms with E-state index in [1.165, 1.54) is 26.1 Å². The minimum atomic E-state index is -3.98.